The zero-order valence-electron chi connectivity index (χ0n) is 6.00. The van der Waals surface area contributed by atoms with Gasteiger partial charge in [0.15, 0.2) is 0 Å². The van der Waals surface area contributed by atoms with Crippen molar-refractivity contribution in [3.8, 4) is 0 Å². The Balaban J connectivity index is 3.50. The van der Waals surface area contributed by atoms with Crippen molar-refractivity contribution in [3.05, 3.63) is 0 Å². The molecular formula is C5H10N3O2. The molecule has 0 aliphatic heterocycles. The van der Waals surface area contributed by atoms with Crippen LogP contribution in [-0.4, -0.2) is 37.5 Å². The van der Waals surface area contributed by atoms with Gasteiger partial charge in [-0.1, -0.05) is 0 Å². The summed E-state index contributed by atoms with van der Waals surface area (Å²) in [7, 11) is 3.16. The van der Waals surface area contributed by atoms with Crippen LogP contribution in [0, 0.1) is 0 Å². The average Bonchev–Trinajstić information content (AvgIpc) is 1.82. The summed E-state index contributed by atoms with van der Waals surface area (Å²) in [5, 5.41) is 3.19. The highest BCUT2D eigenvalue weighted by atomic mass is 16.2. The highest BCUT2D eigenvalue weighted by Crippen LogP contribution is 1.75. The molecule has 0 aromatic heterocycles. The van der Waals surface area contributed by atoms with Crippen LogP contribution in [0.2, 0.25) is 0 Å². The van der Waals surface area contributed by atoms with Crippen molar-refractivity contribution in [1.82, 2.24) is 10.2 Å². The number of nitrogens with zero attached hydrogens (tertiary/aromatic N) is 2. The van der Waals surface area contributed by atoms with Gasteiger partial charge in [0.2, 0.25) is 5.91 Å². The van der Waals surface area contributed by atoms with Gasteiger partial charge < -0.3 is 10.6 Å². The largest absolute Gasteiger partial charge is 0.350 e. The van der Waals surface area contributed by atoms with Gasteiger partial charge in [-0.2, -0.15) is 0 Å². The minimum atomic E-state index is -0.810. The zero-order valence-corrected chi connectivity index (χ0v) is 6.00. The van der Waals surface area contributed by atoms with Crippen LogP contribution >= 0.6 is 0 Å². The van der Waals surface area contributed by atoms with E-state index >= 15 is 0 Å². The molecule has 5 nitrogen and oxygen atoms in total. The third kappa shape index (κ3) is 3.71. The predicted octanol–water partition coefficient (Wildman–Crippen LogP) is -1.24. The average molecular weight is 144 g/mol. The van der Waals surface area contributed by atoms with Gasteiger partial charge in [-0.05, 0) is 0 Å². The van der Waals surface area contributed by atoms with E-state index in [4.69, 9.17) is 0 Å². The molecule has 0 aromatic carbocycles. The molecule has 0 saturated heterocycles. The minimum absolute atomic E-state index is 0.164. The fraction of sp³-hybridized carbons (Fsp3) is 0.600. The van der Waals surface area contributed by atoms with E-state index in [1.165, 1.54) is 4.90 Å². The molecule has 0 fully saturated rings. The van der Waals surface area contributed by atoms with Crippen molar-refractivity contribution in [2.45, 2.75) is 0 Å². The summed E-state index contributed by atoms with van der Waals surface area (Å²) in [6, 6.07) is -0.810. The van der Waals surface area contributed by atoms with Gasteiger partial charge in [-0.25, -0.2) is 10.1 Å². The van der Waals surface area contributed by atoms with Crippen LogP contribution in [0.25, 0.3) is 0 Å². The van der Waals surface area contributed by atoms with Gasteiger partial charge in [0, 0.05) is 14.1 Å². The maximum Gasteiger partial charge on any atom is 0.334 e. The van der Waals surface area contributed by atoms with Gasteiger partial charge in [0.25, 0.3) is 0 Å². The summed E-state index contributed by atoms with van der Waals surface area (Å²) in [4.78, 5) is 22.0. The van der Waals surface area contributed by atoms with Crippen LogP contribution in [0.1, 0.15) is 0 Å². The maximum atomic E-state index is 10.7. The van der Waals surface area contributed by atoms with Crippen molar-refractivity contribution in [1.29, 1.82) is 0 Å². The Morgan fingerprint density at radius 3 is 2.30 bits per heavy atom. The number of hydrogen-bond donors (Lipinski definition) is 1. The van der Waals surface area contributed by atoms with E-state index in [-0.39, 0.29) is 12.5 Å². The Kier molecular flexibility index (Phi) is 3.24. The summed E-state index contributed by atoms with van der Waals surface area (Å²) >= 11 is 0. The van der Waals surface area contributed by atoms with Crippen LogP contribution in [0.5, 0.6) is 0 Å². The van der Waals surface area contributed by atoms with Crippen molar-refractivity contribution in [2.75, 3.05) is 20.6 Å². The highest BCUT2D eigenvalue weighted by Gasteiger charge is 2.04. The number of amides is 3. The van der Waals surface area contributed by atoms with Crippen molar-refractivity contribution >= 4 is 11.9 Å². The third-order valence-corrected chi connectivity index (χ3v) is 0.869. The molecule has 5 heteroatoms. The van der Waals surface area contributed by atoms with Crippen molar-refractivity contribution in [2.24, 2.45) is 5.73 Å². The number of hydrogen-bond acceptors (Lipinski definition) is 2. The molecular weight excluding hydrogens is 134 g/mol. The second-order valence-corrected chi connectivity index (χ2v) is 1.94. The first-order chi connectivity index (χ1) is 4.54. The van der Waals surface area contributed by atoms with Crippen LogP contribution in [0.15, 0.2) is 0 Å². The van der Waals surface area contributed by atoms with Crippen LogP contribution in [0.4, 0.5) is 4.79 Å². The van der Waals surface area contributed by atoms with Gasteiger partial charge >= 0.3 is 6.03 Å². The standard InChI is InChI=1S/C5H10N3O2/c1-8(2)4(9)3-7-5(6)10/h3H2,1-2H3,(H2,6,10). The number of carbonyl (C=O) groups is 2. The molecule has 0 spiro atoms. The predicted molar refractivity (Wildman–Crippen MR) is 35.3 cm³/mol. The fourth-order valence-electron chi connectivity index (χ4n) is 0.287. The Morgan fingerprint density at radius 1 is 1.50 bits per heavy atom. The summed E-state index contributed by atoms with van der Waals surface area (Å²) in [6.07, 6.45) is 0. The number of likely N-dealkylation sites (N-methyl/N-ethyl adjacent to an activating group) is 1. The van der Waals surface area contributed by atoms with E-state index in [2.05, 4.69) is 11.1 Å². The molecule has 3 amide bonds. The van der Waals surface area contributed by atoms with Gasteiger partial charge in [0.1, 0.15) is 6.54 Å². The number of urea groups is 1. The molecule has 1 radical (unpaired) electrons. The lowest BCUT2D eigenvalue weighted by molar-refractivity contribution is -0.127. The second kappa shape index (κ2) is 3.71. The van der Waals surface area contributed by atoms with Crippen LogP contribution in [-0.2, 0) is 4.79 Å². The maximum absolute atomic E-state index is 10.7. The second-order valence-electron chi connectivity index (χ2n) is 1.94. The summed E-state index contributed by atoms with van der Waals surface area (Å²) in [6.45, 7) is -0.164. The molecule has 0 aliphatic rings. The lowest BCUT2D eigenvalue weighted by Gasteiger charge is -2.07. The number of primary amides is 1. The normalized spacial score (nSPS) is 8.60. The lowest BCUT2D eigenvalue weighted by atomic mass is 10.5. The highest BCUT2D eigenvalue weighted by molar-refractivity contribution is 5.82. The Labute approximate surface area is 59.2 Å². The van der Waals surface area contributed by atoms with Gasteiger partial charge in [-0.3, -0.25) is 4.79 Å². The SMILES string of the molecule is CN(C)C(=O)C[N]C(N)=O. The quantitative estimate of drug-likeness (QED) is 0.526. The zero-order chi connectivity index (χ0) is 8.15. The lowest BCUT2D eigenvalue weighted by Crippen LogP contribution is -2.34. The van der Waals surface area contributed by atoms with E-state index in [0.717, 1.165) is 0 Å². The minimum Gasteiger partial charge on any atom is -0.350 e. The first-order valence-electron chi connectivity index (χ1n) is 2.71. The first kappa shape index (κ1) is 8.74. The number of nitrogens with two attached hydrogens (primary N) is 1. The molecule has 2 N–H and O–H groups in total. The van der Waals surface area contributed by atoms with Crippen LogP contribution in [0.3, 0.4) is 0 Å². The van der Waals surface area contributed by atoms with Gasteiger partial charge in [0.05, 0.1) is 0 Å². The van der Waals surface area contributed by atoms with Crippen molar-refractivity contribution in [3.63, 3.8) is 0 Å². The summed E-state index contributed by atoms with van der Waals surface area (Å²) < 4.78 is 0. The molecule has 0 heterocycles. The Morgan fingerprint density at radius 2 is 2.00 bits per heavy atom. The molecule has 0 saturated carbocycles. The van der Waals surface area contributed by atoms with E-state index < -0.39 is 6.03 Å². The molecule has 0 rings (SSSR count). The third-order valence-electron chi connectivity index (χ3n) is 0.869. The van der Waals surface area contributed by atoms with E-state index in [1.807, 2.05) is 0 Å². The molecule has 0 bridgehead atoms. The Hall–Kier alpha value is -1.26. The van der Waals surface area contributed by atoms with Crippen molar-refractivity contribution < 1.29 is 9.59 Å². The summed E-state index contributed by atoms with van der Waals surface area (Å²) in [5.41, 5.74) is 4.66. The molecule has 0 aliphatic carbocycles. The van der Waals surface area contributed by atoms with E-state index in [9.17, 15) is 9.59 Å². The van der Waals surface area contributed by atoms with E-state index in [0.29, 0.717) is 0 Å². The topological polar surface area (TPSA) is 77.5 Å². The Bertz CT molecular complexity index is 144. The van der Waals surface area contributed by atoms with Gasteiger partial charge in [-0.15, -0.1) is 0 Å². The monoisotopic (exact) mass is 144 g/mol. The smallest absolute Gasteiger partial charge is 0.334 e. The molecule has 0 atom stereocenters. The first-order valence-corrected chi connectivity index (χ1v) is 2.71. The molecule has 57 valence electrons. The molecule has 10 heavy (non-hydrogen) atoms. The van der Waals surface area contributed by atoms with E-state index in [1.54, 1.807) is 14.1 Å². The number of rotatable bonds is 2. The van der Waals surface area contributed by atoms with Crippen LogP contribution < -0.4 is 11.1 Å². The number of carbonyl (C=O) groups excluding carboxylic acids is 2. The molecule has 0 aromatic rings. The molecule has 0 unspecified atom stereocenters. The fourth-order valence-corrected chi connectivity index (χ4v) is 0.287. The summed E-state index contributed by atoms with van der Waals surface area (Å²) in [5.74, 6) is -0.237.